The maximum Gasteiger partial charge on any atom is 0.247 e. The smallest absolute Gasteiger partial charge is 0.247 e. The van der Waals surface area contributed by atoms with Gasteiger partial charge < -0.3 is 10.2 Å². The molecule has 1 aliphatic heterocycles. The minimum absolute atomic E-state index is 0.189. The Morgan fingerprint density at radius 3 is 2.63 bits per heavy atom. The molecule has 30 heavy (non-hydrogen) atoms. The number of carbonyl (C=O) groups is 1. The van der Waals surface area contributed by atoms with Gasteiger partial charge in [-0.3, -0.25) is 9.69 Å². The van der Waals surface area contributed by atoms with Crippen LogP contribution in [0.1, 0.15) is 56.9 Å². The van der Waals surface area contributed by atoms with Crippen molar-refractivity contribution in [2.45, 2.75) is 57.4 Å². The second kappa shape index (κ2) is 10.1. The Kier molecular flexibility index (Phi) is 7.07. The third kappa shape index (κ3) is 5.43. The second-order valence-corrected chi connectivity index (χ2v) is 9.09. The van der Waals surface area contributed by atoms with Crippen LogP contribution in [0.5, 0.6) is 0 Å². The molecule has 2 fully saturated rings. The third-order valence-corrected chi connectivity index (χ3v) is 7.08. The van der Waals surface area contributed by atoms with Crippen LogP contribution in [0.4, 0.5) is 5.69 Å². The first-order valence-corrected chi connectivity index (χ1v) is 11.7. The molecule has 1 amide bonds. The molecule has 3 aliphatic rings. The van der Waals surface area contributed by atoms with Crippen LogP contribution >= 0.6 is 0 Å². The fourth-order valence-electron chi connectivity index (χ4n) is 5.12. The van der Waals surface area contributed by atoms with E-state index >= 15 is 0 Å². The van der Waals surface area contributed by atoms with Gasteiger partial charge >= 0.3 is 0 Å². The normalized spacial score (nSPS) is 24.9. The molecule has 4 rings (SSSR count). The van der Waals surface area contributed by atoms with Gasteiger partial charge in [-0.05, 0) is 82.0 Å². The molecule has 0 aromatic heterocycles. The lowest BCUT2D eigenvalue weighted by atomic mass is 9.84. The number of hydrogen-bond donors (Lipinski definition) is 1. The van der Waals surface area contributed by atoms with Crippen molar-refractivity contribution in [2.75, 3.05) is 37.6 Å². The summed E-state index contributed by atoms with van der Waals surface area (Å²) in [6, 6.07) is 10.6. The molecule has 1 saturated carbocycles. The SMILES string of the molecule is N#Cc1cccc(N2CCN(CCC3CCC(NC(=O)C4=CCCC4)CC3)CC2)c1. The van der Waals surface area contributed by atoms with Crippen LogP contribution < -0.4 is 10.2 Å². The molecular formula is C25H34N4O. The summed E-state index contributed by atoms with van der Waals surface area (Å²) in [5.41, 5.74) is 2.92. The predicted octanol–water partition coefficient (Wildman–Crippen LogP) is 3.86. The summed E-state index contributed by atoms with van der Waals surface area (Å²) < 4.78 is 0. The maximum absolute atomic E-state index is 12.3. The average molecular weight is 407 g/mol. The second-order valence-electron chi connectivity index (χ2n) is 9.09. The Morgan fingerprint density at radius 1 is 1.13 bits per heavy atom. The summed E-state index contributed by atoms with van der Waals surface area (Å²) >= 11 is 0. The van der Waals surface area contributed by atoms with E-state index in [1.807, 2.05) is 18.2 Å². The molecule has 1 heterocycles. The first kappa shape index (κ1) is 20.9. The molecule has 5 nitrogen and oxygen atoms in total. The first-order chi connectivity index (χ1) is 14.7. The Balaban J connectivity index is 1.14. The lowest BCUT2D eigenvalue weighted by Crippen LogP contribution is -2.47. The molecule has 5 heteroatoms. The quantitative estimate of drug-likeness (QED) is 0.779. The summed E-state index contributed by atoms with van der Waals surface area (Å²) in [7, 11) is 0. The van der Waals surface area contributed by atoms with E-state index < -0.39 is 0 Å². The summed E-state index contributed by atoms with van der Waals surface area (Å²) in [5.74, 6) is 0.989. The number of piperazine rings is 1. The zero-order valence-electron chi connectivity index (χ0n) is 18.0. The Labute approximate surface area is 180 Å². The molecule has 0 radical (unpaired) electrons. The highest BCUT2D eigenvalue weighted by molar-refractivity contribution is 5.93. The highest BCUT2D eigenvalue weighted by Crippen LogP contribution is 2.28. The van der Waals surface area contributed by atoms with Crippen molar-refractivity contribution in [2.24, 2.45) is 5.92 Å². The number of hydrogen-bond acceptors (Lipinski definition) is 4. The van der Waals surface area contributed by atoms with Crippen molar-refractivity contribution in [1.82, 2.24) is 10.2 Å². The Morgan fingerprint density at radius 2 is 1.93 bits per heavy atom. The van der Waals surface area contributed by atoms with Crippen molar-refractivity contribution in [3.8, 4) is 6.07 Å². The van der Waals surface area contributed by atoms with Crippen molar-refractivity contribution in [3.63, 3.8) is 0 Å². The molecule has 0 spiro atoms. The molecule has 0 atom stereocenters. The largest absolute Gasteiger partial charge is 0.369 e. The van der Waals surface area contributed by atoms with Gasteiger partial charge in [-0.25, -0.2) is 0 Å². The highest BCUT2D eigenvalue weighted by atomic mass is 16.1. The number of carbonyl (C=O) groups excluding carboxylic acids is 1. The summed E-state index contributed by atoms with van der Waals surface area (Å²) in [6.07, 6.45) is 11.3. The molecular weight excluding hydrogens is 372 g/mol. The Bertz CT molecular complexity index is 796. The van der Waals surface area contributed by atoms with Crippen LogP contribution in [0.25, 0.3) is 0 Å². The molecule has 2 aliphatic carbocycles. The van der Waals surface area contributed by atoms with Crippen molar-refractivity contribution in [1.29, 1.82) is 5.26 Å². The number of nitrogens with one attached hydrogen (secondary N) is 1. The molecule has 1 saturated heterocycles. The molecule has 1 N–H and O–H groups in total. The van der Waals surface area contributed by atoms with Crippen molar-refractivity contribution < 1.29 is 4.79 Å². The minimum Gasteiger partial charge on any atom is -0.369 e. The number of amides is 1. The number of anilines is 1. The predicted molar refractivity (Wildman–Crippen MR) is 120 cm³/mol. The van der Waals surface area contributed by atoms with Gasteiger partial charge in [0.05, 0.1) is 11.6 Å². The Hall–Kier alpha value is -2.32. The standard InChI is InChI=1S/C25H34N4O/c26-19-21-4-3-7-24(18-21)29-16-14-28(15-17-29)13-12-20-8-10-23(11-9-20)27-25(30)22-5-1-2-6-22/h3-5,7,18,20,23H,1-2,6,8-17H2,(H,27,30). The maximum atomic E-state index is 12.3. The van der Waals surface area contributed by atoms with E-state index in [9.17, 15) is 4.79 Å². The van der Waals surface area contributed by atoms with Gasteiger partial charge in [0, 0.05) is 43.5 Å². The van der Waals surface area contributed by atoms with Crippen LogP contribution in [-0.2, 0) is 4.79 Å². The minimum atomic E-state index is 0.189. The van der Waals surface area contributed by atoms with Gasteiger partial charge in [0.1, 0.15) is 0 Å². The number of nitrogens with zero attached hydrogens (tertiary/aromatic N) is 3. The van der Waals surface area contributed by atoms with Crippen LogP contribution in [0.3, 0.4) is 0 Å². The van der Waals surface area contributed by atoms with Gasteiger partial charge in [0.2, 0.25) is 5.91 Å². The molecule has 0 unspecified atom stereocenters. The van der Waals surface area contributed by atoms with E-state index in [1.165, 1.54) is 31.5 Å². The zero-order chi connectivity index (χ0) is 20.8. The monoisotopic (exact) mass is 406 g/mol. The van der Waals surface area contributed by atoms with E-state index in [0.717, 1.165) is 75.3 Å². The summed E-state index contributed by atoms with van der Waals surface area (Å²) in [6.45, 7) is 5.43. The van der Waals surface area contributed by atoms with Crippen LogP contribution in [0.15, 0.2) is 35.9 Å². The fourth-order valence-corrected chi connectivity index (χ4v) is 5.12. The lowest BCUT2D eigenvalue weighted by molar-refractivity contribution is -0.118. The number of benzene rings is 1. The molecule has 0 bridgehead atoms. The third-order valence-electron chi connectivity index (χ3n) is 7.08. The van der Waals surface area contributed by atoms with E-state index in [0.29, 0.717) is 6.04 Å². The zero-order valence-corrected chi connectivity index (χ0v) is 18.0. The van der Waals surface area contributed by atoms with E-state index in [2.05, 4.69) is 33.3 Å². The topological polar surface area (TPSA) is 59.4 Å². The average Bonchev–Trinajstić information content (AvgIpc) is 3.34. The number of rotatable bonds is 6. The van der Waals surface area contributed by atoms with Crippen molar-refractivity contribution >= 4 is 11.6 Å². The van der Waals surface area contributed by atoms with E-state index in [-0.39, 0.29) is 5.91 Å². The fraction of sp³-hybridized carbons (Fsp3) is 0.600. The van der Waals surface area contributed by atoms with Gasteiger partial charge in [-0.2, -0.15) is 5.26 Å². The van der Waals surface area contributed by atoms with Gasteiger partial charge in [-0.1, -0.05) is 12.1 Å². The number of allylic oxidation sites excluding steroid dienone is 1. The van der Waals surface area contributed by atoms with Gasteiger partial charge in [-0.15, -0.1) is 0 Å². The van der Waals surface area contributed by atoms with Crippen molar-refractivity contribution in [3.05, 3.63) is 41.5 Å². The van der Waals surface area contributed by atoms with E-state index in [4.69, 9.17) is 5.26 Å². The molecule has 1 aromatic carbocycles. The van der Waals surface area contributed by atoms with Gasteiger partial charge in [0.25, 0.3) is 0 Å². The molecule has 1 aromatic rings. The first-order valence-electron chi connectivity index (χ1n) is 11.7. The van der Waals surface area contributed by atoms with Crippen LogP contribution in [0, 0.1) is 17.2 Å². The van der Waals surface area contributed by atoms with Crippen LogP contribution in [-0.4, -0.2) is 49.6 Å². The number of nitriles is 1. The van der Waals surface area contributed by atoms with Gasteiger partial charge in [0.15, 0.2) is 0 Å². The summed E-state index contributed by atoms with van der Waals surface area (Å²) in [4.78, 5) is 17.3. The van der Waals surface area contributed by atoms with E-state index in [1.54, 1.807) is 0 Å². The lowest BCUT2D eigenvalue weighted by Gasteiger charge is -2.37. The van der Waals surface area contributed by atoms with Crippen LogP contribution in [0.2, 0.25) is 0 Å². The summed E-state index contributed by atoms with van der Waals surface area (Å²) in [5, 5.41) is 12.4. The highest BCUT2D eigenvalue weighted by Gasteiger charge is 2.25. The molecule has 160 valence electrons.